The predicted octanol–water partition coefficient (Wildman–Crippen LogP) is -2.96. The van der Waals surface area contributed by atoms with E-state index in [-0.39, 0.29) is 47.4 Å². The van der Waals surface area contributed by atoms with Gasteiger partial charge in [0.25, 0.3) is 5.69 Å². The number of nitro groups is 1. The first-order chi connectivity index (χ1) is 8.00. The molecule has 0 saturated carbocycles. The van der Waals surface area contributed by atoms with Gasteiger partial charge in [-0.3, -0.25) is 10.1 Å². The largest absolute Gasteiger partial charge is 1.00 e. The number of carbonyl (C=O) groups excluding carboxylic acids is 1. The van der Waals surface area contributed by atoms with Gasteiger partial charge in [-0.15, -0.1) is 0 Å². The standard InChI is InChI=1S/C10H13N3O4.Na/c1-7(6-10(14)15)11-12-8-4-2-3-5-9(8)13(16)17;/h2-5,7,11-12H,6H2,1H3,(H,14,15);/q;+1/p-1. The Bertz CT molecular complexity index is 427. The quantitative estimate of drug-likeness (QED) is 0.322. The van der Waals surface area contributed by atoms with Crippen molar-refractivity contribution in [2.45, 2.75) is 19.4 Å². The molecule has 2 N–H and O–H groups in total. The maximum Gasteiger partial charge on any atom is 1.00 e. The summed E-state index contributed by atoms with van der Waals surface area (Å²) in [5.74, 6) is -1.19. The van der Waals surface area contributed by atoms with Gasteiger partial charge in [-0.25, -0.2) is 5.43 Å². The summed E-state index contributed by atoms with van der Waals surface area (Å²) in [6, 6.07) is 5.67. The summed E-state index contributed by atoms with van der Waals surface area (Å²) < 4.78 is 0. The average Bonchev–Trinajstić information content (AvgIpc) is 2.25. The maximum absolute atomic E-state index is 10.7. The number of hydrogen-bond acceptors (Lipinski definition) is 6. The molecule has 0 aliphatic heterocycles. The van der Waals surface area contributed by atoms with Crippen LogP contribution in [-0.4, -0.2) is 16.9 Å². The van der Waals surface area contributed by atoms with Crippen LogP contribution in [0.5, 0.6) is 0 Å². The fraction of sp³-hybridized carbons (Fsp3) is 0.300. The van der Waals surface area contributed by atoms with Crippen molar-refractivity contribution in [1.29, 1.82) is 0 Å². The van der Waals surface area contributed by atoms with Crippen molar-refractivity contribution in [3.8, 4) is 0 Å². The molecule has 1 aromatic carbocycles. The number of anilines is 1. The Balaban J connectivity index is 0.00000289. The molecule has 0 aliphatic rings. The summed E-state index contributed by atoms with van der Waals surface area (Å²) in [6.07, 6.45) is -0.187. The summed E-state index contributed by atoms with van der Waals surface area (Å²) >= 11 is 0. The van der Waals surface area contributed by atoms with E-state index in [4.69, 9.17) is 0 Å². The first-order valence-electron chi connectivity index (χ1n) is 4.95. The molecule has 0 saturated heterocycles. The van der Waals surface area contributed by atoms with E-state index in [0.717, 1.165) is 0 Å². The van der Waals surface area contributed by atoms with Gasteiger partial charge in [-0.05, 0) is 13.0 Å². The molecule has 0 amide bonds. The van der Waals surface area contributed by atoms with Crippen LogP contribution in [0.3, 0.4) is 0 Å². The van der Waals surface area contributed by atoms with E-state index in [0.29, 0.717) is 0 Å². The number of hydrogen-bond donors (Lipinski definition) is 2. The van der Waals surface area contributed by atoms with Gasteiger partial charge in [0, 0.05) is 24.5 Å². The zero-order valence-corrected chi connectivity index (χ0v) is 12.2. The van der Waals surface area contributed by atoms with E-state index in [9.17, 15) is 20.0 Å². The number of carboxylic acid groups (broad SMARTS) is 1. The number of benzene rings is 1. The fourth-order valence-corrected chi connectivity index (χ4v) is 1.24. The minimum absolute atomic E-state index is 0. The van der Waals surface area contributed by atoms with Crippen molar-refractivity contribution in [2.24, 2.45) is 0 Å². The third kappa shape index (κ3) is 5.46. The van der Waals surface area contributed by atoms with Crippen LogP contribution in [0.15, 0.2) is 24.3 Å². The second-order valence-corrected chi connectivity index (χ2v) is 3.52. The van der Waals surface area contributed by atoms with E-state index in [1.807, 2.05) is 0 Å². The topological polar surface area (TPSA) is 107 Å². The number of nitrogens with zero attached hydrogens (tertiary/aromatic N) is 1. The molecule has 1 atom stereocenters. The monoisotopic (exact) mass is 261 g/mol. The van der Waals surface area contributed by atoms with Crippen molar-refractivity contribution < 1.29 is 44.4 Å². The zero-order valence-electron chi connectivity index (χ0n) is 10.2. The van der Waals surface area contributed by atoms with Crippen molar-refractivity contribution in [3.63, 3.8) is 0 Å². The van der Waals surface area contributed by atoms with Crippen molar-refractivity contribution in [1.82, 2.24) is 5.43 Å². The second-order valence-electron chi connectivity index (χ2n) is 3.52. The van der Waals surface area contributed by atoms with Crippen molar-refractivity contribution in [3.05, 3.63) is 34.4 Å². The van der Waals surface area contributed by atoms with Gasteiger partial charge in [0.15, 0.2) is 0 Å². The molecule has 0 aliphatic carbocycles. The van der Waals surface area contributed by atoms with Crippen LogP contribution in [0, 0.1) is 10.1 Å². The number of hydrazine groups is 1. The Kier molecular flexibility index (Phi) is 7.53. The number of para-hydroxylation sites is 2. The van der Waals surface area contributed by atoms with E-state index >= 15 is 0 Å². The Morgan fingerprint density at radius 3 is 2.61 bits per heavy atom. The number of nitro benzene ring substituents is 1. The maximum atomic E-state index is 10.7. The average molecular weight is 261 g/mol. The van der Waals surface area contributed by atoms with Crippen LogP contribution in [0.2, 0.25) is 0 Å². The van der Waals surface area contributed by atoms with Gasteiger partial charge in [0.05, 0.1) is 4.92 Å². The van der Waals surface area contributed by atoms with Gasteiger partial charge < -0.3 is 15.3 Å². The fourth-order valence-electron chi connectivity index (χ4n) is 1.24. The second kappa shape index (κ2) is 8.04. The number of aliphatic carboxylic acids is 1. The minimum atomic E-state index is -1.19. The molecule has 0 fully saturated rings. The van der Waals surface area contributed by atoms with Crippen molar-refractivity contribution >= 4 is 17.3 Å². The molecule has 18 heavy (non-hydrogen) atoms. The molecule has 8 heteroatoms. The summed E-state index contributed by atoms with van der Waals surface area (Å²) in [4.78, 5) is 20.5. The first kappa shape index (κ1) is 16.9. The molecule has 0 spiro atoms. The van der Waals surface area contributed by atoms with Crippen LogP contribution < -0.4 is 45.5 Å². The summed E-state index contributed by atoms with van der Waals surface area (Å²) in [6.45, 7) is 1.62. The van der Waals surface area contributed by atoms with Gasteiger partial charge >= 0.3 is 29.6 Å². The van der Waals surface area contributed by atoms with Gasteiger partial charge in [-0.2, -0.15) is 0 Å². The van der Waals surface area contributed by atoms with Crippen molar-refractivity contribution in [2.75, 3.05) is 5.43 Å². The minimum Gasteiger partial charge on any atom is -0.550 e. The third-order valence-corrected chi connectivity index (χ3v) is 2.03. The molecule has 0 bridgehead atoms. The summed E-state index contributed by atoms with van der Waals surface area (Å²) in [7, 11) is 0. The number of rotatable bonds is 6. The molecule has 92 valence electrons. The van der Waals surface area contributed by atoms with Crippen LogP contribution in [0.25, 0.3) is 0 Å². The molecular weight excluding hydrogens is 249 g/mol. The van der Waals surface area contributed by atoms with E-state index in [1.54, 1.807) is 19.1 Å². The summed E-state index contributed by atoms with van der Waals surface area (Å²) in [5.41, 5.74) is 5.46. The zero-order chi connectivity index (χ0) is 12.8. The molecule has 1 rings (SSSR count). The molecule has 0 aromatic heterocycles. The Hall–Kier alpha value is -1.15. The summed E-state index contributed by atoms with van der Waals surface area (Å²) in [5, 5.41) is 21.0. The predicted molar refractivity (Wildman–Crippen MR) is 58.9 cm³/mol. The number of nitrogens with one attached hydrogen (secondary N) is 2. The molecule has 1 aromatic rings. The molecule has 0 radical (unpaired) electrons. The normalized spacial score (nSPS) is 11.2. The van der Waals surface area contributed by atoms with Crippen LogP contribution in [0.4, 0.5) is 11.4 Å². The Morgan fingerprint density at radius 2 is 2.06 bits per heavy atom. The number of carbonyl (C=O) groups is 1. The molecule has 7 nitrogen and oxygen atoms in total. The van der Waals surface area contributed by atoms with E-state index in [1.165, 1.54) is 12.1 Å². The van der Waals surface area contributed by atoms with Gasteiger partial charge in [0.1, 0.15) is 5.69 Å². The van der Waals surface area contributed by atoms with Gasteiger partial charge in [0.2, 0.25) is 0 Å². The first-order valence-corrected chi connectivity index (χ1v) is 4.95. The molecular formula is C10H12N3NaO4. The van der Waals surface area contributed by atoms with E-state index in [2.05, 4.69) is 10.9 Å². The number of carboxylic acids is 1. The smallest absolute Gasteiger partial charge is 0.550 e. The third-order valence-electron chi connectivity index (χ3n) is 2.03. The Morgan fingerprint density at radius 1 is 1.44 bits per heavy atom. The molecule has 0 heterocycles. The van der Waals surface area contributed by atoms with Crippen LogP contribution in [0.1, 0.15) is 13.3 Å². The molecule has 1 unspecified atom stereocenters. The Labute approximate surface area is 126 Å². The van der Waals surface area contributed by atoms with E-state index < -0.39 is 16.9 Å². The van der Waals surface area contributed by atoms with Gasteiger partial charge in [-0.1, -0.05) is 12.1 Å². The van der Waals surface area contributed by atoms with Crippen LogP contribution in [-0.2, 0) is 4.79 Å². The van der Waals surface area contributed by atoms with Crippen LogP contribution >= 0.6 is 0 Å². The SMILES string of the molecule is CC(CC(=O)[O-])NNc1ccccc1[N+](=O)[O-].[Na+].